The molecule has 2 atom stereocenters. The summed E-state index contributed by atoms with van der Waals surface area (Å²) in [6.07, 6.45) is -3.61. The summed E-state index contributed by atoms with van der Waals surface area (Å²) in [7, 11) is 1.38. The topological polar surface area (TPSA) is 21.3 Å². The predicted molar refractivity (Wildman–Crippen MR) is 67.4 cm³/mol. The smallest absolute Gasteiger partial charge is 0.416 e. The molecule has 106 valence electrons. The fourth-order valence-corrected chi connectivity index (χ4v) is 2.71. The lowest BCUT2D eigenvalue weighted by Gasteiger charge is -2.31. The van der Waals surface area contributed by atoms with Gasteiger partial charge in [0.1, 0.15) is 5.75 Å². The number of halogens is 3. The Bertz CT molecular complexity index is 445. The number of hydrogen-bond donors (Lipinski definition) is 1. The zero-order valence-corrected chi connectivity index (χ0v) is 11.1. The van der Waals surface area contributed by atoms with Gasteiger partial charge in [0.25, 0.3) is 0 Å². The van der Waals surface area contributed by atoms with Crippen LogP contribution in [0, 0.1) is 5.92 Å². The monoisotopic (exact) mass is 273 g/mol. The molecule has 5 heteroatoms. The van der Waals surface area contributed by atoms with Crippen LogP contribution in [0.2, 0.25) is 0 Å². The Morgan fingerprint density at radius 3 is 2.63 bits per heavy atom. The van der Waals surface area contributed by atoms with Crippen molar-refractivity contribution in [1.82, 2.24) is 5.32 Å². The first-order valence-corrected chi connectivity index (χ1v) is 6.39. The van der Waals surface area contributed by atoms with E-state index >= 15 is 0 Å². The fraction of sp³-hybridized carbons (Fsp3) is 0.571. The minimum Gasteiger partial charge on any atom is -0.497 e. The van der Waals surface area contributed by atoms with Crippen LogP contribution in [0.15, 0.2) is 18.2 Å². The molecule has 0 aromatic heterocycles. The molecule has 0 spiro atoms. The van der Waals surface area contributed by atoms with Gasteiger partial charge in [0.05, 0.1) is 12.7 Å². The minimum absolute atomic E-state index is 0.0521. The molecule has 1 fully saturated rings. The van der Waals surface area contributed by atoms with E-state index in [9.17, 15) is 13.2 Å². The van der Waals surface area contributed by atoms with E-state index in [1.165, 1.54) is 7.11 Å². The van der Waals surface area contributed by atoms with E-state index in [0.29, 0.717) is 5.56 Å². The van der Waals surface area contributed by atoms with Crippen LogP contribution in [0.5, 0.6) is 5.75 Å². The highest BCUT2D eigenvalue weighted by Gasteiger charge is 2.37. The number of rotatable bonds is 2. The Labute approximate surface area is 111 Å². The molecule has 1 heterocycles. The molecule has 0 unspecified atom stereocenters. The maximum atomic E-state index is 13.2. The van der Waals surface area contributed by atoms with Gasteiger partial charge in [0.15, 0.2) is 0 Å². The molecule has 0 bridgehead atoms. The Kier molecular flexibility index (Phi) is 4.04. The zero-order valence-electron chi connectivity index (χ0n) is 11.1. The SMILES string of the molecule is COc1ccc([C@@H]2CCNC[C@@H]2C)c(C(F)(F)F)c1. The predicted octanol–water partition coefficient (Wildman–Crippen LogP) is 3.43. The third-order valence-corrected chi connectivity index (χ3v) is 3.75. The molecule has 0 saturated carbocycles. The number of hydrogen-bond acceptors (Lipinski definition) is 2. The highest BCUT2D eigenvalue weighted by molar-refractivity contribution is 5.40. The van der Waals surface area contributed by atoms with E-state index in [0.717, 1.165) is 25.6 Å². The van der Waals surface area contributed by atoms with E-state index in [1.54, 1.807) is 12.1 Å². The van der Waals surface area contributed by atoms with E-state index in [2.05, 4.69) is 5.32 Å². The van der Waals surface area contributed by atoms with Gasteiger partial charge >= 0.3 is 6.18 Å². The number of alkyl halides is 3. The summed E-state index contributed by atoms with van der Waals surface area (Å²) in [6, 6.07) is 4.28. The first kappa shape index (κ1) is 14.2. The Morgan fingerprint density at radius 1 is 1.32 bits per heavy atom. The Balaban J connectivity index is 2.43. The van der Waals surface area contributed by atoms with Crippen molar-refractivity contribution in [2.24, 2.45) is 5.92 Å². The van der Waals surface area contributed by atoms with E-state index in [-0.39, 0.29) is 17.6 Å². The van der Waals surface area contributed by atoms with Crippen LogP contribution < -0.4 is 10.1 Å². The lowest BCUT2D eigenvalue weighted by molar-refractivity contribution is -0.138. The number of benzene rings is 1. The molecule has 19 heavy (non-hydrogen) atoms. The van der Waals surface area contributed by atoms with Crippen LogP contribution >= 0.6 is 0 Å². The molecule has 0 radical (unpaired) electrons. The molecule has 1 aliphatic rings. The van der Waals surface area contributed by atoms with Crippen molar-refractivity contribution >= 4 is 0 Å². The molecule has 0 aliphatic carbocycles. The molecule has 1 N–H and O–H groups in total. The first-order valence-electron chi connectivity index (χ1n) is 6.39. The molecule has 1 aromatic carbocycles. The van der Waals surface area contributed by atoms with Crippen molar-refractivity contribution in [1.29, 1.82) is 0 Å². The van der Waals surface area contributed by atoms with Gasteiger partial charge in [-0.1, -0.05) is 13.0 Å². The number of nitrogens with one attached hydrogen (secondary N) is 1. The van der Waals surface area contributed by atoms with E-state index < -0.39 is 11.7 Å². The zero-order chi connectivity index (χ0) is 14.0. The summed E-state index contributed by atoms with van der Waals surface area (Å²) in [5, 5.41) is 3.21. The summed E-state index contributed by atoms with van der Waals surface area (Å²) in [6.45, 7) is 3.51. The van der Waals surface area contributed by atoms with Gasteiger partial charge in [-0.3, -0.25) is 0 Å². The van der Waals surface area contributed by atoms with Gasteiger partial charge in [-0.25, -0.2) is 0 Å². The number of ether oxygens (including phenoxy) is 1. The summed E-state index contributed by atoms with van der Waals surface area (Å²) in [4.78, 5) is 0. The molecule has 1 saturated heterocycles. The van der Waals surface area contributed by atoms with Crippen molar-refractivity contribution < 1.29 is 17.9 Å². The maximum absolute atomic E-state index is 13.2. The highest BCUT2D eigenvalue weighted by atomic mass is 19.4. The molecule has 0 amide bonds. The third-order valence-electron chi connectivity index (χ3n) is 3.75. The maximum Gasteiger partial charge on any atom is 0.416 e. The van der Waals surface area contributed by atoms with Gasteiger partial charge in [0, 0.05) is 0 Å². The summed E-state index contributed by atoms with van der Waals surface area (Å²) in [5.74, 6) is 0.393. The second-order valence-electron chi connectivity index (χ2n) is 5.03. The molecule has 2 rings (SSSR count). The van der Waals surface area contributed by atoms with Crippen LogP contribution in [0.1, 0.15) is 30.4 Å². The number of methoxy groups -OCH3 is 1. The van der Waals surface area contributed by atoms with Crippen LogP contribution in [0.3, 0.4) is 0 Å². The number of piperidine rings is 1. The molecule has 2 nitrogen and oxygen atoms in total. The summed E-state index contributed by atoms with van der Waals surface area (Å²) >= 11 is 0. The molecular weight excluding hydrogens is 255 g/mol. The average molecular weight is 273 g/mol. The highest BCUT2D eigenvalue weighted by Crippen LogP contribution is 2.41. The minimum atomic E-state index is -4.34. The Hall–Kier alpha value is -1.23. The van der Waals surface area contributed by atoms with Crippen LogP contribution in [0.4, 0.5) is 13.2 Å². The lowest BCUT2D eigenvalue weighted by Crippen LogP contribution is -2.34. The van der Waals surface area contributed by atoms with Gasteiger partial charge in [0.2, 0.25) is 0 Å². The first-order chi connectivity index (χ1) is 8.93. The van der Waals surface area contributed by atoms with Gasteiger partial charge in [-0.05, 0) is 49.0 Å². The van der Waals surface area contributed by atoms with Crippen molar-refractivity contribution in [3.63, 3.8) is 0 Å². The molecule has 1 aliphatic heterocycles. The average Bonchev–Trinajstić information content (AvgIpc) is 2.38. The second kappa shape index (κ2) is 5.41. The van der Waals surface area contributed by atoms with Crippen molar-refractivity contribution in [3.8, 4) is 5.75 Å². The fourth-order valence-electron chi connectivity index (χ4n) is 2.71. The van der Waals surface area contributed by atoms with Crippen LogP contribution in [-0.4, -0.2) is 20.2 Å². The summed E-state index contributed by atoms with van der Waals surface area (Å²) < 4.78 is 44.4. The van der Waals surface area contributed by atoms with Crippen LogP contribution in [0.25, 0.3) is 0 Å². The quantitative estimate of drug-likeness (QED) is 0.891. The van der Waals surface area contributed by atoms with Gasteiger partial charge in [-0.15, -0.1) is 0 Å². The van der Waals surface area contributed by atoms with Gasteiger partial charge in [-0.2, -0.15) is 13.2 Å². The normalized spacial score (nSPS) is 24.3. The molecule has 1 aromatic rings. The molecular formula is C14H18F3NO. The standard InChI is InChI=1S/C14H18F3NO/c1-9-8-18-6-5-11(9)12-4-3-10(19-2)7-13(12)14(15,16)17/h3-4,7,9,11,18H,5-6,8H2,1-2H3/t9-,11+/m0/s1. The largest absolute Gasteiger partial charge is 0.497 e. The van der Waals surface area contributed by atoms with Crippen LogP contribution in [-0.2, 0) is 6.18 Å². The third kappa shape index (κ3) is 3.03. The van der Waals surface area contributed by atoms with E-state index in [4.69, 9.17) is 4.74 Å². The van der Waals surface area contributed by atoms with E-state index in [1.807, 2.05) is 6.92 Å². The lowest BCUT2D eigenvalue weighted by atomic mass is 9.80. The van der Waals surface area contributed by atoms with Crippen molar-refractivity contribution in [2.45, 2.75) is 25.4 Å². The van der Waals surface area contributed by atoms with Gasteiger partial charge < -0.3 is 10.1 Å². The van der Waals surface area contributed by atoms with Crippen molar-refractivity contribution in [2.75, 3.05) is 20.2 Å². The Morgan fingerprint density at radius 2 is 2.05 bits per heavy atom. The second-order valence-corrected chi connectivity index (χ2v) is 5.03. The van der Waals surface area contributed by atoms with Crippen molar-refractivity contribution in [3.05, 3.63) is 29.3 Å². The summed E-state index contributed by atoms with van der Waals surface area (Å²) in [5.41, 5.74) is -0.173.